The molecule has 0 aliphatic rings. The number of carboxylic acids is 1. The van der Waals surface area contributed by atoms with E-state index in [0.717, 1.165) is 0 Å². The molecular weight excluding hydrogens is 353 g/mol. The molecule has 0 aliphatic heterocycles. The molecule has 0 saturated carbocycles. The third kappa shape index (κ3) is 3.98. The highest BCUT2D eigenvalue weighted by atomic mass is 19.3. The van der Waals surface area contributed by atoms with Crippen LogP contribution < -0.4 is 4.74 Å². The monoisotopic (exact) mass is 372 g/mol. The molecule has 2 aromatic rings. The molecule has 0 radical (unpaired) electrons. The molecule has 0 saturated heterocycles. The first kappa shape index (κ1) is 19.8. The predicted molar refractivity (Wildman–Crippen MR) is 85.8 cm³/mol. The molecule has 0 bridgehead atoms. The summed E-state index contributed by atoms with van der Waals surface area (Å²) in [5, 5.41) is 22.6. The van der Waals surface area contributed by atoms with Crippen molar-refractivity contribution in [3.05, 3.63) is 47.8 Å². The Morgan fingerprint density at radius 3 is 2.54 bits per heavy atom. The first-order valence-corrected chi connectivity index (χ1v) is 7.74. The lowest BCUT2D eigenvalue weighted by Gasteiger charge is -2.30. The Labute approximate surface area is 147 Å². The Bertz CT molecular complexity index is 764. The second-order valence-corrected chi connectivity index (χ2v) is 6.22. The SMILES string of the molecule is CC(C)(c1ccccc1OCc1ccnn1C(F)C(F)F)C(O)C(=O)O. The fourth-order valence-corrected chi connectivity index (χ4v) is 2.52. The second kappa shape index (κ2) is 7.77. The van der Waals surface area contributed by atoms with Crippen LogP contribution >= 0.6 is 0 Å². The number of aliphatic carboxylic acids is 1. The maximum Gasteiger partial charge on any atom is 0.333 e. The third-order valence-electron chi connectivity index (χ3n) is 4.07. The summed E-state index contributed by atoms with van der Waals surface area (Å²) in [5.74, 6) is -1.14. The van der Waals surface area contributed by atoms with Gasteiger partial charge in [-0.15, -0.1) is 0 Å². The van der Waals surface area contributed by atoms with Gasteiger partial charge in [-0.1, -0.05) is 32.0 Å². The maximum atomic E-state index is 13.5. The summed E-state index contributed by atoms with van der Waals surface area (Å²) in [5.41, 5.74) is -0.690. The van der Waals surface area contributed by atoms with Gasteiger partial charge in [-0.3, -0.25) is 0 Å². The maximum absolute atomic E-state index is 13.5. The number of rotatable bonds is 8. The third-order valence-corrected chi connectivity index (χ3v) is 4.07. The molecule has 0 fully saturated rings. The number of ether oxygens (including phenoxy) is 1. The summed E-state index contributed by atoms with van der Waals surface area (Å²) in [6, 6.07) is 7.77. The van der Waals surface area contributed by atoms with Crippen LogP contribution in [-0.4, -0.2) is 38.5 Å². The standard InChI is InChI=1S/C17H19F3N2O4/c1-17(2,13(23)16(24)25)11-5-3-4-6-12(11)26-9-10-7-8-21-22(10)15(20)14(18)19/h3-8,13-15,23H,9H2,1-2H3,(H,24,25). The zero-order chi connectivity index (χ0) is 19.5. The van der Waals surface area contributed by atoms with Crippen LogP contribution in [0, 0.1) is 0 Å². The lowest BCUT2D eigenvalue weighted by molar-refractivity contribution is -0.150. The van der Waals surface area contributed by atoms with Crippen molar-refractivity contribution >= 4 is 5.97 Å². The van der Waals surface area contributed by atoms with Crippen molar-refractivity contribution in [2.24, 2.45) is 0 Å². The van der Waals surface area contributed by atoms with Gasteiger partial charge < -0.3 is 14.9 Å². The molecule has 2 rings (SSSR count). The molecule has 2 N–H and O–H groups in total. The number of alkyl halides is 3. The Hall–Kier alpha value is -2.55. The number of aromatic nitrogens is 2. The molecule has 0 spiro atoms. The zero-order valence-electron chi connectivity index (χ0n) is 14.1. The lowest BCUT2D eigenvalue weighted by atomic mass is 9.79. The quantitative estimate of drug-likeness (QED) is 0.744. The Kier molecular flexibility index (Phi) is 5.91. The smallest absolute Gasteiger partial charge is 0.333 e. The van der Waals surface area contributed by atoms with Gasteiger partial charge in [-0.25, -0.2) is 22.6 Å². The molecule has 6 nitrogen and oxygen atoms in total. The number of hydrogen-bond acceptors (Lipinski definition) is 4. The number of halogens is 3. The molecular formula is C17H19F3N2O4. The summed E-state index contributed by atoms with van der Waals surface area (Å²) < 4.78 is 44.8. The van der Waals surface area contributed by atoms with E-state index in [9.17, 15) is 23.1 Å². The van der Waals surface area contributed by atoms with Gasteiger partial charge in [0.25, 0.3) is 12.7 Å². The van der Waals surface area contributed by atoms with Crippen LogP contribution in [0.5, 0.6) is 5.75 Å². The lowest BCUT2D eigenvalue weighted by Crippen LogP contribution is -2.40. The molecule has 0 amide bonds. The van der Waals surface area contributed by atoms with Gasteiger partial charge in [0.15, 0.2) is 6.10 Å². The van der Waals surface area contributed by atoms with Crippen LogP contribution in [0.15, 0.2) is 36.5 Å². The summed E-state index contributed by atoms with van der Waals surface area (Å²) in [6.45, 7) is 2.81. The van der Waals surface area contributed by atoms with Gasteiger partial charge in [-0.2, -0.15) is 5.10 Å². The number of aliphatic hydroxyl groups excluding tert-OH is 1. The molecule has 2 atom stereocenters. The Balaban J connectivity index is 2.25. The van der Waals surface area contributed by atoms with E-state index >= 15 is 0 Å². The van der Waals surface area contributed by atoms with Crippen LogP contribution in [0.2, 0.25) is 0 Å². The van der Waals surface area contributed by atoms with Crippen LogP contribution in [0.1, 0.15) is 31.4 Å². The van der Waals surface area contributed by atoms with Crippen molar-refractivity contribution in [2.75, 3.05) is 0 Å². The minimum absolute atomic E-state index is 0.0872. The highest BCUT2D eigenvalue weighted by molar-refractivity contribution is 5.74. The number of aliphatic hydroxyl groups is 1. The van der Waals surface area contributed by atoms with E-state index in [1.807, 2.05) is 0 Å². The number of benzene rings is 1. The normalized spacial score (nSPS) is 14.3. The average molecular weight is 372 g/mol. The summed E-state index contributed by atoms with van der Waals surface area (Å²) in [7, 11) is 0. The minimum Gasteiger partial charge on any atom is -0.487 e. The van der Waals surface area contributed by atoms with E-state index in [2.05, 4.69) is 5.10 Å². The summed E-state index contributed by atoms with van der Waals surface area (Å²) >= 11 is 0. The van der Waals surface area contributed by atoms with Crippen LogP contribution in [0.3, 0.4) is 0 Å². The average Bonchev–Trinajstić information content (AvgIpc) is 3.06. The van der Waals surface area contributed by atoms with Gasteiger partial charge >= 0.3 is 5.97 Å². The van der Waals surface area contributed by atoms with Crippen molar-refractivity contribution in [3.63, 3.8) is 0 Å². The van der Waals surface area contributed by atoms with E-state index in [4.69, 9.17) is 9.84 Å². The molecule has 9 heteroatoms. The molecule has 142 valence electrons. The van der Waals surface area contributed by atoms with E-state index in [0.29, 0.717) is 10.2 Å². The Morgan fingerprint density at radius 1 is 1.27 bits per heavy atom. The topological polar surface area (TPSA) is 84.6 Å². The summed E-state index contributed by atoms with van der Waals surface area (Å²) in [4.78, 5) is 11.1. The number of hydrogen-bond donors (Lipinski definition) is 2. The predicted octanol–water partition coefficient (Wildman–Crippen LogP) is 2.92. The minimum atomic E-state index is -3.23. The number of carboxylic acid groups (broad SMARTS) is 1. The second-order valence-electron chi connectivity index (χ2n) is 6.22. The van der Waals surface area contributed by atoms with Gasteiger partial charge in [0, 0.05) is 17.2 Å². The Morgan fingerprint density at radius 2 is 1.92 bits per heavy atom. The van der Waals surface area contributed by atoms with Crippen LogP contribution in [0.4, 0.5) is 13.2 Å². The number of para-hydroxylation sites is 1. The number of nitrogens with zero attached hydrogens (tertiary/aromatic N) is 2. The molecule has 1 aromatic carbocycles. The fraction of sp³-hybridized carbons (Fsp3) is 0.412. The molecule has 2 unspecified atom stereocenters. The molecule has 0 aliphatic carbocycles. The van der Waals surface area contributed by atoms with Crippen LogP contribution in [0.25, 0.3) is 0 Å². The first-order valence-electron chi connectivity index (χ1n) is 7.74. The van der Waals surface area contributed by atoms with Crippen molar-refractivity contribution < 1.29 is 32.9 Å². The summed E-state index contributed by atoms with van der Waals surface area (Å²) in [6.07, 6.45) is -6.33. The van der Waals surface area contributed by atoms with Gasteiger partial charge in [0.2, 0.25) is 0 Å². The van der Waals surface area contributed by atoms with Crippen molar-refractivity contribution in [1.82, 2.24) is 9.78 Å². The number of carbonyl (C=O) groups is 1. The first-order chi connectivity index (χ1) is 12.2. The molecule has 1 heterocycles. The van der Waals surface area contributed by atoms with E-state index < -0.39 is 30.2 Å². The van der Waals surface area contributed by atoms with Crippen LogP contribution in [-0.2, 0) is 16.8 Å². The van der Waals surface area contributed by atoms with E-state index in [1.54, 1.807) is 24.3 Å². The molecule has 26 heavy (non-hydrogen) atoms. The van der Waals surface area contributed by atoms with Crippen molar-refractivity contribution in [2.45, 2.75) is 44.7 Å². The zero-order valence-corrected chi connectivity index (χ0v) is 14.1. The highest BCUT2D eigenvalue weighted by Gasteiger charge is 2.37. The largest absolute Gasteiger partial charge is 0.487 e. The highest BCUT2D eigenvalue weighted by Crippen LogP contribution is 2.35. The van der Waals surface area contributed by atoms with E-state index in [1.165, 1.54) is 26.1 Å². The molecule has 1 aromatic heterocycles. The van der Waals surface area contributed by atoms with Gasteiger partial charge in [-0.05, 0) is 12.1 Å². The van der Waals surface area contributed by atoms with E-state index in [-0.39, 0.29) is 18.1 Å². The fourth-order valence-electron chi connectivity index (χ4n) is 2.52. The van der Waals surface area contributed by atoms with Crippen molar-refractivity contribution in [1.29, 1.82) is 0 Å². The van der Waals surface area contributed by atoms with Crippen molar-refractivity contribution in [3.8, 4) is 5.75 Å². The van der Waals surface area contributed by atoms with Gasteiger partial charge in [0.05, 0.1) is 5.69 Å². The van der Waals surface area contributed by atoms with Gasteiger partial charge in [0.1, 0.15) is 12.4 Å².